The number of hydrogen-bond acceptors (Lipinski definition) is 4. The Morgan fingerprint density at radius 2 is 1.74 bits per heavy atom. The van der Waals surface area contributed by atoms with E-state index < -0.39 is 20.0 Å². The Labute approximate surface area is 139 Å². The summed E-state index contributed by atoms with van der Waals surface area (Å²) >= 11 is 0. The Morgan fingerprint density at radius 1 is 1.17 bits per heavy atom. The van der Waals surface area contributed by atoms with Crippen LogP contribution in [-0.4, -0.2) is 47.0 Å². The first kappa shape index (κ1) is 19.8. The predicted molar refractivity (Wildman–Crippen MR) is 92.3 cm³/mol. The second kappa shape index (κ2) is 8.05. The van der Waals surface area contributed by atoms with Crippen molar-refractivity contribution in [3.8, 4) is 0 Å². The van der Waals surface area contributed by atoms with Gasteiger partial charge < -0.3 is 0 Å². The van der Waals surface area contributed by atoms with Crippen LogP contribution in [0.4, 0.5) is 0 Å². The molecule has 0 fully saturated rings. The van der Waals surface area contributed by atoms with Gasteiger partial charge in [0.25, 0.3) is 0 Å². The van der Waals surface area contributed by atoms with Gasteiger partial charge in [0.15, 0.2) is 0 Å². The maximum absolute atomic E-state index is 12.2. The molecule has 0 aliphatic carbocycles. The van der Waals surface area contributed by atoms with E-state index in [4.69, 9.17) is 0 Å². The maximum atomic E-state index is 12.2. The topological polar surface area (TPSA) is 83.6 Å². The van der Waals surface area contributed by atoms with Crippen LogP contribution in [0.15, 0.2) is 41.8 Å². The minimum atomic E-state index is -3.66. The highest BCUT2D eigenvalue weighted by molar-refractivity contribution is 7.89. The molecule has 0 spiro atoms. The average Bonchev–Trinajstić information content (AvgIpc) is 2.45. The van der Waals surface area contributed by atoms with Crippen molar-refractivity contribution in [1.29, 1.82) is 0 Å². The van der Waals surface area contributed by atoms with Gasteiger partial charge in [0.05, 0.1) is 11.2 Å². The Bertz CT molecular complexity index is 723. The minimum absolute atomic E-state index is 0.00479. The summed E-state index contributed by atoms with van der Waals surface area (Å²) in [6, 6.07) is 6.66. The lowest BCUT2D eigenvalue weighted by atomic mass is 10.0. The summed E-state index contributed by atoms with van der Waals surface area (Å²) in [6.45, 7) is 7.74. The summed E-state index contributed by atoms with van der Waals surface area (Å²) in [6.07, 6.45) is 2.54. The fraction of sp³-hybridized carbons (Fsp3) is 0.467. The second-order valence-electron chi connectivity index (χ2n) is 5.53. The molecule has 6 nitrogen and oxygen atoms in total. The van der Waals surface area contributed by atoms with Crippen molar-refractivity contribution in [2.24, 2.45) is 0 Å². The fourth-order valence-corrected chi connectivity index (χ4v) is 3.78. The number of hydrogen-bond donors (Lipinski definition) is 1. The normalized spacial score (nSPS) is 12.7. The van der Waals surface area contributed by atoms with Gasteiger partial charge in [0.1, 0.15) is 0 Å². The van der Waals surface area contributed by atoms with Gasteiger partial charge >= 0.3 is 0 Å². The highest BCUT2D eigenvalue weighted by Crippen LogP contribution is 2.17. The Hall–Kier alpha value is -1.22. The average molecular weight is 361 g/mol. The van der Waals surface area contributed by atoms with E-state index in [0.29, 0.717) is 5.92 Å². The Morgan fingerprint density at radius 3 is 2.17 bits per heavy atom. The zero-order chi connectivity index (χ0) is 17.7. The Balaban J connectivity index is 2.73. The number of benzene rings is 1. The molecule has 1 aromatic rings. The quantitative estimate of drug-likeness (QED) is 0.677. The molecule has 130 valence electrons. The van der Waals surface area contributed by atoms with Crippen molar-refractivity contribution in [3.63, 3.8) is 0 Å². The first-order valence-electron chi connectivity index (χ1n) is 7.23. The van der Waals surface area contributed by atoms with Gasteiger partial charge in [0, 0.05) is 19.6 Å². The summed E-state index contributed by atoms with van der Waals surface area (Å²) in [5, 5.41) is 0. The summed E-state index contributed by atoms with van der Waals surface area (Å²) in [7, 11) is -7.05. The zero-order valence-electron chi connectivity index (χ0n) is 13.7. The van der Waals surface area contributed by atoms with E-state index in [1.165, 1.54) is 6.08 Å². The molecular formula is C15H24N2O4S2. The van der Waals surface area contributed by atoms with Crippen LogP contribution in [0.1, 0.15) is 25.3 Å². The van der Waals surface area contributed by atoms with Gasteiger partial charge in [-0.05, 0) is 23.6 Å². The number of sulfonamides is 2. The van der Waals surface area contributed by atoms with E-state index in [2.05, 4.69) is 11.3 Å². The van der Waals surface area contributed by atoms with E-state index in [1.807, 2.05) is 13.8 Å². The number of rotatable bonds is 9. The first-order chi connectivity index (χ1) is 10.6. The maximum Gasteiger partial charge on any atom is 0.240 e. The van der Waals surface area contributed by atoms with Crippen LogP contribution in [-0.2, 0) is 20.0 Å². The van der Waals surface area contributed by atoms with Crippen LogP contribution in [0, 0.1) is 0 Å². The van der Waals surface area contributed by atoms with E-state index in [9.17, 15) is 16.8 Å². The van der Waals surface area contributed by atoms with Crippen molar-refractivity contribution < 1.29 is 16.8 Å². The van der Waals surface area contributed by atoms with Crippen molar-refractivity contribution in [2.75, 3.05) is 25.9 Å². The molecule has 0 aliphatic heterocycles. The third kappa shape index (κ3) is 6.06. The summed E-state index contributed by atoms with van der Waals surface area (Å²) in [4.78, 5) is 0.163. The number of nitrogens with zero attached hydrogens (tertiary/aromatic N) is 1. The summed E-state index contributed by atoms with van der Waals surface area (Å²) in [5.41, 5.74) is 1.05. The summed E-state index contributed by atoms with van der Waals surface area (Å²) < 4.78 is 51.1. The standard InChI is InChI=1S/C15H24N2O4S2/c1-5-11-17(22(4,18)19)12-10-16-23(20,21)15-8-6-14(7-9-15)13(2)3/h5-9,13,16H,1,10-12H2,2-4H3. The van der Waals surface area contributed by atoms with Crippen molar-refractivity contribution in [2.45, 2.75) is 24.7 Å². The fourth-order valence-electron chi connectivity index (χ4n) is 1.96. The molecule has 0 radical (unpaired) electrons. The molecular weight excluding hydrogens is 336 g/mol. The third-order valence-electron chi connectivity index (χ3n) is 3.31. The lowest BCUT2D eigenvalue weighted by molar-refractivity contribution is 0.447. The molecule has 23 heavy (non-hydrogen) atoms. The van der Waals surface area contributed by atoms with Crippen LogP contribution in [0.5, 0.6) is 0 Å². The SMILES string of the molecule is C=CCN(CCNS(=O)(=O)c1ccc(C(C)C)cc1)S(C)(=O)=O. The molecule has 0 bridgehead atoms. The van der Waals surface area contributed by atoms with Gasteiger partial charge in [-0.15, -0.1) is 6.58 Å². The van der Waals surface area contributed by atoms with Gasteiger partial charge in [-0.1, -0.05) is 32.1 Å². The van der Waals surface area contributed by atoms with Gasteiger partial charge in [-0.25, -0.2) is 21.6 Å². The molecule has 0 atom stereocenters. The highest BCUT2D eigenvalue weighted by atomic mass is 32.2. The molecule has 0 aromatic heterocycles. The van der Waals surface area contributed by atoms with Crippen molar-refractivity contribution in [1.82, 2.24) is 9.03 Å². The lowest BCUT2D eigenvalue weighted by Gasteiger charge is -2.18. The molecule has 0 saturated carbocycles. The van der Waals surface area contributed by atoms with E-state index in [0.717, 1.165) is 16.1 Å². The molecule has 0 heterocycles. The second-order valence-corrected chi connectivity index (χ2v) is 9.28. The molecule has 8 heteroatoms. The molecule has 1 rings (SSSR count). The number of nitrogens with one attached hydrogen (secondary N) is 1. The van der Waals surface area contributed by atoms with Crippen molar-refractivity contribution in [3.05, 3.63) is 42.5 Å². The highest BCUT2D eigenvalue weighted by Gasteiger charge is 2.18. The van der Waals surface area contributed by atoms with Crippen LogP contribution >= 0.6 is 0 Å². The molecule has 0 aliphatic rings. The largest absolute Gasteiger partial charge is 0.240 e. The Kier molecular flexibility index (Phi) is 6.94. The van der Waals surface area contributed by atoms with Crippen LogP contribution in [0.25, 0.3) is 0 Å². The van der Waals surface area contributed by atoms with Gasteiger partial charge in [0.2, 0.25) is 20.0 Å². The summed E-state index contributed by atoms with van der Waals surface area (Å²) in [5.74, 6) is 0.321. The predicted octanol–water partition coefficient (Wildman–Crippen LogP) is 1.54. The third-order valence-corrected chi connectivity index (χ3v) is 6.06. The molecule has 0 unspecified atom stereocenters. The monoisotopic (exact) mass is 360 g/mol. The van der Waals surface area contributed by atoms with E-state index in [-0.39, 0.29) is 24.5 Å². The van der Waals surface area contributed by atoms with Crippen LogP contribution in [0.2, 0.25) is 0 Å². The molecule has 1 aromatic carbocycles. The smallest absolute Gasteiger partial charge is 0.212 e. The zero-order valence-corrected chi connectivity index (χ0v) is 15.3. The van der Waals surface area contributed by atoms with Crippen LogP contribution in [0.3, 0.4) is 0 Å². The van der Waals surface area contributed by atoms with E-state index >= 15 is 0 Å². The molecule has 0 saturated heterocycles. The van der Waals surface area contributed by atoms with Gasteiger partial charge in [-0.2, -0.15) is 4.31 Å². The first-order valence-corrected chi connectivity index (χ1v) is 10.6. The van der Waals surface area contributed by atoms with Crippen LogP contribution < -0.4 is 4.72 Å². The van der Waals surface area contributed by atoms with Crippen molar-refractivity contribution >= 4 is 20.0 Å². The molecule has 0 amide bonds. The van der Waals surface area contributed by atoms with Gasteiger partial charge in [-0.3, -0.25) is 0 Å². The molecule has 1 N–H and O–H groups in total. The lowest BCUT2D eigenvalue weighted by Crippen LogP contribution is -2.38. The van der Waals surface area contributed by atoms with E-state index in [1.54, 1.807) is 24.3 Å². The minimum Gasteiger partial charge on any atom is -0.212 e.